The molecule has 38 heavy (non-hydrogen) atoms. The maximum Gasteiger partial charge on any atom is 0.237 e. The van der Waals surface area contributed by atoms with E-state index in [-0.39, 0.29) is 24.9 Å². The van der Waals surface area contributed by atoms with Crippen LogP contribution in [0.5, 0.6) is 11.5 Å². The monoisotopic (exact) mass is 517 g/mol. The number of rotatable bonds is 7. The number of hydrogen-bond acceptors (Lipinski definition) is 6. The van der Waals surface area contributed by atoms with Gasteiger partial charge in [0.1, 0.15) is 18.1 Å². The van der Waals surface area contributed by atoms with Crippen molar-refractivity contribution < 1.29 is 19.1 Å². The molecule has 1 unspecified atom stereocenters. The number of aromatic amines is 1. The zero-order chi connectivity index (χ0) is 26.1. The van der Waals surface area contributed by atoms with Gasteiger partial charge in [-0.15, -0.1) is 0 Å². The van der Waals surface area contributed by atoms with E-state index in [0.717, 1.165) is 55.2 Å². The standard InChI is InChI=1S/C29H35N5O4/c1-37-22-7-8-25-24(17-22)23-9-12-34(27(36)19-33-14-11-30-26(35)18-33)29(28(23)31-25)10-13-32(20-29)15-16-38-21-5-3-2-4-6-21/h2-8,17,31H,9-16,18-20H2,1H3,(H,30,35). The van der Waals surface area contributed by atoms with E-state index in [1.165, 1.54) is 10.9 Å². The lowest BCUT2D eigenvalue weighted by atomic mass is 9.83. The van der Waals surface area contributed by atoms with E-state index in [0.29, 0.717) is 26.2 Å². The molecule has 3 aliphatic heterocycles. The third-order valence-corrected chi connectivity index (χ3v) is 8.20. The molecule has 3 aromatic rings. The predicted octanol–water partition coefficient (Wildman–Crippen LogP) is 1.97. The first-order valence-corrected chi connectivity index (χ1v) is 13.4. The van der Waals surface area contributed by atoms with Crippen LogP contribution in [0.1, 0.15) is 17.7 Å². The van der Waals surface area contributed by atoms with Crippen LogP contribution in [0.4, 0.5) is 0 Å². The summed E-state index contributed by atoms with van der Waals surface area (Å²) in [5.74, 6) is 1.77. The average molecular weight is 518 g/mol. The predicted molar refractivity (Wildman–Crippen MR) is 144 cm³/mol. The van der Waals surface area contributed by atoms with Crippen LogP contribution in [0.2, 0.25) is 0 Å². The fraction of sp³-hybridized carbons (Fsp3) is 0.448. The Hall–Kier alpha value is -3.56. The summed E-state index contributed by atoms with van der Waals surface area (Å²) in [5.41, 5.74) is 3.05. The number of carbonyl (C=O) groups is 2. The molecule has 1 spiro atoms. The summed E-state index contributed by atoms with van der Waals surface area (Å²) in [5, 5.41) is 4.02. The third kappa shape index (κ3) is 4.61. The van der Waals surface area contributed by atoms with Gasteiger partial charge in [0, 0.05) is 55.9 Å². The summed E-state index contributed by atoms with van der Waals surface area (Å²) in [7, 11) is 1.69. The van der Waals surface area contributed by atoms with E-state index in [4.69, 9.17) is 9.47 Å². The molecule has 2 saturated heterocycles. The van der Waals surface area contributed by atoms with Crippen molar-refractivity contribution in [1.82, 2.24) is 25.0 Å². The van der Waals surface area contributed by atoms with E-state index < -0.39 is 5.54 Å². The number of fused-ring (bicyclic) bond motifs is 4. The highest BCUT2D eigenvalue weighted by molar-refractivity contribution is 5.88. The number of piperazine rings is 1. The van der Waals surface area contributed by atoms with Gasteiger partial charge < -0.3 is 24.7 Å². The topological polar surface area (TPSA) is 90.1 Å². The Morgan fingerprint density at radius 1 is 1.05 bits per heavy atom. The number of hydrogen-bond donors (Lipinski definition) is 2. The van der Waals surface area contributed by atoms with Crippen LogP contribution >= 0.6 is 0 Å². The van der Waals surface area contributed by atoms with Crippen LogP contribution in [0, 0.1) is 0 Å². The largest absolute Gasteiger partial charge is 0.497 e. The number of likely N-dealkylation sites (tertiary alicyclic amines) is 1. The molecular weight excluding hydrogens is 482 g/mol. The minimum atomic E-state index is -0.443. The Kier molecular flexibility index (Phi) is 6.71. The summed E-state index contributed by atoms with van der Waals surface area (Å²) >= 11 is 0. The molecular formula is C29H35N5O4. The fourth-order valence-corrected chi connectivity index (χ4v) is 6.35. The highest BCUT2D eigenvalue weighted by Gasteiger charge is 2.51. The van der Waals surface area contributed by atoms with E-state index in [9.17, 15) is 9.59 Å². The van der Waals surface area contributed by atoms with Gasteiger partial charge in [-0.05, 0) is 48.7 Å². The summed E-state index contributed by atoms with van der Waals surface area (Å²) in [4.78, 5) is 35.9. The van der Waals surface area contributed by atoms with Crippen LogP contribution in [-0.2, 0) is 21.5 Å². The molecule has 2 N–H and O–H groups in total. The van der Waals surface area contributed by atoms with Crippen molar-refractivity contribution >= 4 is 22.7 Å². The first-order chi connectivity index (χ1) is 18.6. The number of benzene rings is 2. The Morgan fingerprint density at radius 3 is 2.74 bits per heavy atom. The molecule has 0 bridgehead atoms. The number of aromatic nitrogens is 1. The first-order valence-electron chi connectivity index (χ1n) is 13.4. The molecule has 6 rings (SSSR count). The maximum atomic E-state index is 13.8. The highest BCUT2D eigenvalue weighted by Crippen LogP contribution is 2.45. The lowest BCUT2D eigenvalue weighted by molar-refractivity contribution is -0.141. The maximum absolute atomic E-state index is 13.8. The van der Waals surface area contributed by atoms with Crippen LogP contribution in [0.25, 0.3) is 10.9 Å². The molecule has 9 nitrogen and oxygen atoms in total. The van der Waals surface area contributed by atoms with Gasteiger partial charge in [0.2, 0.25) is 11.8 Å². The zero-order valence-electron chi connectivity index (χ0n) is 21.9. The van der Waals surface area contributed by atoms with Crippen molar-refractivity contribution in [2.75, 3.05) is 66.1 Å². The molecule has 4 heterocycles. The van der Waals surface area contributed by atoms with E-state index in [1.54, 1.807) is 7.11 Å². The Balaban J connectivity index is 1.27. The van der Waals surface area contributed by atoms with Gasteiger partial charge in [-0.2, -0.15) is 0 Å². The van der Waals surface area contributed by atoms with Crippen LogP contribution in [-0.4, -0.2) is 97.6 Å². The Morgan fingerprint density at radius 2 is 1.92 bits per heavy atom. The van der Waals surface area contributed by atoms with Crippen LogP contribution in [0.15, 0.2) is 48.5 Å². The van der Waals surface area contributed by atoms with Crippen molar-refractivity contribution in [2.45, 2.75) is 18.4 Å². The number of ether oxygens (including phenoxy) is 2. The molecule has 0 radical (unpaired) electrons. The molecule has 2 amide bonds. The number of nitrogens with one attached hydrogen (secondary N) is 2. The summed E-state index contributed by atoms with van der Waals surface area (Å²) in [6.07, 6.45) is 1.63. The quantitative estimate of drug-likeness (QED) is 0.498. The SMILES string of the molecule is COc1ccc2[nH]c3c(c2c1)CCN(C(=O)CN1CCNC(=O)C1)C31CCN(CCOc2ccccc2)C1. The number of nitrogens with zero attached hydrogens (tertiary/aromatic N) is 3. The number of methoxy groups -OCH3 is 1. The Labute approximate surface area is 222 Å². The molecule has 1 atom stereocenters. The van der Waals surface area contributed by atoms with Crippen molar-refractivity contribution in [3.8, 4) is 11.5 Å². The van der Waals surface area contributed by atoms with Gasteiger partial charge in [-0.1, -0.05) is 18.2 Å². The zero-order valence-corrected chi connectivity index (χ0v) is 21.9. The molecule has 3 aliphatic rings. The van der Waals surface area contributed by atoms with Crippen molar-refractivity contribution in [2.24, 2.45) is 0 Å². The Bertz CT molecular complexity index is 1330. The number of para-hydroxylation sites is 1. The summed E-state index contributed by atoms with van der Waals surface area (Å²) in [6.45, 7) is 5.47. The van der Waals surface area contributed by atoms with Gasteiger partial charge in [-0.25, -0.2) is 0 Å². The second kappa shape index (κ2) is 10.3. The molecule has 9 heteroatoms. The fourth-order valence-electron chi connectivity index (χ4n) is 6.35. The second-order valence-corrected chi connectivity index (χ2v) is 10.5. The second-order valence-electron chi connectivity index (χ2n) is 10.5. The molecule has 200 valence electrons. The molecule has 2 fully saturated rings. The van der Waals surface area contributed by atoms with Gasteiger partial charge in [0.05, 0.1) is 25.7 Å². The minimum absolute atomic E-state index is 0.0188. The highest BCUT2D eigenvalue weighted by atomic mass is 16.5. The van der Waals surface area contributed by atoms with Gasteiger partial charge in [-0.3, -0.25) is 19.4 Å². The van der Waals surface area contributed by atoms with Crippen LogP contribution < -0.4 is 14.8 Å². The normalized spacial score (nSPS) is 22.0. The molecule has 0 aliphatic carbocycles. The first kappa shape index (κ1) is 24.8. The third-order valence-electron chi connectivity index (χ3n) is 8.20. The van der Waals surface area contributed by atoms with Gasteiger partial charge in [0.25, 0.3) is 0 Å². The molecule has 1 aromatic heterocycles. The van der Waals surface area contributed by atoms with Crippen LogP contribution in [0.3, 0.4) is 0 Å². The smallest absolute Gasteiger partial charge is 0.237 e. The lowest BCUT2D eigenvalue weighted by Crippen LogP contribution is -2.58. The van der Waals surface area contributed by atoms with E-state index >= 15 is 0 Å². The molecule has 2 aromatic carbocycles. The number of carbonyl (C=O) groups excluding carboxylic acids is 2. The van der Waals surface area contributed by atoms with Crippen molar-refractivity contribution in [3.63, 3.8) is 0 Å². The van der Waals surface area contributed by atoms with E-state index in [1.807, 2.05) is 41.3 Å². The van der Waals surface area contributed by atoms with Crippen molar-refractivity contribution in [3.05, 3.63) is 59.8 Å². The lowest BCUT2D eigenvalue weighted by Gasteiger charge is -2.45. The number of amides is 2. The van der Waals surface area contributed by atoms with Crippen molar-refractivity contribution in [1.29, 1.82) is 0 Å². The van der Waals surface area contributed by atoms with Gasteiger partial charge >= 0.3 is 0 Å². The molecule has 0 saturated carbocycles. The number of H-pyrrole nitrogens is 1. The summed E-state index contributed by atoms with van der Waals surface area (Å²) < 4.78 is 11.5. The average Bonchev–Trinajstić information content (AvgIpc) is 3.52. The summed E-state index contributed by atoms with van der Waals surface area (Å²) in [6, 6.07) is 16.0. The van der Waals surface area contributed by atoms with Gasteiger partial charge in [0.15, 0.2) is 0 Å². The van der Waals surface area contributed by atoms with E-state index in [2.05, 4.69) is 32.2 Å². The minimum Gasteiger partial charge on any atom is -0.497 e.